The predicted molar refractivity (Wildman–Crippen MR) is 79.1 cm³/mol. The Balaban J connectivity index is 2.34. The van der Waals surface area contributed by atoms with Crippen molar-refractivity contribution in [2.45, 2.75) is 45.3 Å². The van der Waals surface area contributed by atoms with E-state index >= 15 is 0 Å². The van der Waals surface area contributed by atoms with E-state index in [4.69, 9.17) is 4.74 Å². The summed E-state index contributed by atoms with van der Waals surface area (Å²) in [5.41, 5.74) is -1.13. The molecular weight excluding hydrogens is 309 g/mol. The molecule has 1 aromatic heterocycles. The van der Waals surface area contributed by atoms with E-state index in [9.17, 15) is 24.3 Å². The number of nitrogens with zero attached hydrogens (tertiary/aromatic N) is 2. The van der Waals surface area contributed by atoms with E-state index < -0.39 is 42.4 Å². The van der Waals surface area contributed by atoms with Crippen molar-refractivity contribution in [3.05, 3.63) is 32.6 Å². The van der Waals surface area contributed by atoms with Crippen LogP contribution >= 0.6 is 0 Å². The van der Waals surface area contributed by atoms with Crippen LogP contribution in [-0.2, 0) is 4.74 Å². The first-order valence-electron chi connectivity index (χ1n) is 7.44. The second-order valence-corrected chi connectivity index (χ2v) is 6.18. The van der Waals surface area contributed by atoms with Crippen molar-refractivity contribution in [2.75, 3.05) is 13.2 Å². The van der Waals surface area contributed by atoms with Gasteiger partial charge in [-0.1, -0.05) is 13.8 Å². The molecular formula is C14H22FN3O5. The van der Waals surface area contributed by atoms with Gasteiger partial charge in [0.05, 0.1) is 12.6 Å². The summed E-state index contributed by atoms with van der Waals surface area (Å²) >= 11 is 0. The number of hydrogen-bond donors (Lipinski definition) is 3. The summed E-state index contributed by atoms with van der Waals surface area (Å²) in [7, 11) is 0. The Labute approximate surface area is 132 Å². The number of rotatable bonds is 5. The Morgan fingerprint density at radius 1 is 1.48 bits per heavy atom. The van der Waals surface area contributed by atoms with E-state index in [-0.39, 0.29) is 18.0 Å². The Kier molecular flexibility index (Phi) is 5.35. The maximum atomic E-state index is 14.8. The summed E-state index contributed by atoms with van der Waals surface area (Å²) in [4.78, 5) is 25.4. The summed E-state index contributed by atoms with van der Waals surface area (Å²) in [6.45, 7) is 4.88. The summed E-state index contributed by atoms with van der Waals surface area (Å²) < 4.78 is 21.2. The largest absolute Gasteiger partial charge is 0.394 e. The predicted octanol–water partition coefficient (Wildman–Crippen LogP) is -0.211. The maximum Gasteiger partial charge on any atom is 0.330 e. The molecule has 3 N–H and O–H groups in total. The molecule has 0 aliphatic carbocycles. The summed E-state index contributed by atoms with van der Waals surface area (Å²) in [5.74, 6) is 0.0728. The van der Waals surface area contributed by atoms with Gasteiger partial charge in [-0.05, 0) is 12.8 Å². The number of H-pyrrole nitrogens is 1. The molecule has 1 aliphatic heterocycles. The van der Waals surface area contributed by atoms with Crippen LogP contribution < -0.4 is 11.2 Å². The fourth-order valence-electron chi connectivity index (χ4n) is 2.71. The summed E-state index contributed by atoms with van der Waals surface area (Å²) in [5, 5.41) is 20.3. The van der Waals surface area contributed by atoms with Crippen molar-refractivity contribution in [1.29, 1.82) is 0 Å². The lowest BCUT2D eigenvalue weighted by Gasteiger charge is -2.27. The van der Waals surface area contributed by atoms with Crippen LogP contribution in [0.3, 0.4) is 0 Å². The number of aliphatic hydroxyl groups excluding tert-OH is 1. The molecule has 0 amide bonds. The van der Waals surface area contributed by atoms with Gasteiger partial charge in [0.2, 0.25) is 0 Å². The second kappa shape index (κ2) is 6.91. The average molecular weight is 331 g/mol. The monoisotopic (exact) mass is 331 g/mol. The third-order valence-corrected chi connectivity index (χ3v) is 3.79. The van der Waals surface area contributed by atoms with Gasteiger partial charge >= 0.3 is 5.69 Å². The number of aromatic amines is 1. The molecule has 0 spiro atoms. The third-order valence-electron chi connectivity index (χ3n) is 3.79. The fraction of sp³-hybridized carbons (Fsp3) is 0.714. The Morgan fingerprint density at radius 3 is 2.70 bits per heavy atom. The number of ether oxygens (including phenoxy) is 1. The van der Waals surface area contributed by atoms with E-state index in [1.165, 1.54) is 13.1 Å². The highest BCUT2D eigenvalue weighted by molar-refractivity contribution is 5.04. The van der Waals surface area contributed by atoms with Crippen molar-refractivity contribution in [3.63, 3.8) is 0 Å². The first-order valence-corrected chi connectivity index (χ1v) is 7.44. The molecule has 1 aliphatic rings. The van der Waals surface area contributed by atoms with E-state index in [0.717, 1.165) is 9.63 Å². The zero-order chi connectivity index (χ0) is 17.3. The van der Waals surface area contributed by atoms with E-state index in [2.05, 4.69) is 4.98 Å². The smallest absolute Gasteiger partial charge is 0.330 e. The van der Waals surface area contributed by atoms with Crippen LogP contribution in [0.15, 0.2) is 15.8 Å². The van der Waals surface area contributed by atoms with Crippen LogP contribution in [0.5, 0.6) is 0 Å². The lowest BCUT2D eigenvalue weighted by Crippen LogP contribution is -2.47. The van der Waals surface area contributed by atoms with Gasteiger partial charge in [0.25, 0.3) is 5.56 Å². The van der Waals surface area contributed by atoms with Crippen molar-refractivity contribution in [1.82, 2.24) is 14.6 Å². The molecule has 0 radical (unpaired) electrons. The Hall–Kier alpha value is -1.55. The number of aryl methyl sites for hydroxylation is 1. The molecule has 8 nitrogen and oxygen atoms in total. The topological polar surface area (TPSA) is 108 Å². The Bertz CT molecular complexity index is 659. The van der Waals surface area contributed by atoms with Gasteiger partial charge in [0, 0.05) is 18.3 Å². The Morgan fingerprint density at radius 2 is 2.13 bits per heavy atom. The molecule has 9 heteroatoms. The van der Waals surface area contributed by atoms with Crippen LogP contribution in [0, 0.1) is 12.8 Å². The minimum Gasteiger partial charge on any atom is -0.394 e. The number of halogens is 1. The molecule has 0 saturated carbocycles. The second-order valence-electron chi connectivity index (χ2n) is 6.18. The van der Waals surface area contributed by atoms with Gasteiger partial charge < -0.3 is 15.1 Å². The molecule has 1 saturated heterocycles. The molecule has 4 atom stereocenters. The van der Waals surface area contributed by atoms with Crippen molar-refractivity contribution in [3.8, 4) is 0 Å². The maximum absolute atomic E-state index is 14.8. The number of aromatic nitrogens is 2. The van der Waals surface area contributed by atoms with E-state index in [0.29, 0.717) is 0 Å². The number of hydroxylamine groups is 2. The summed E-state index contributed by atoms with van der Waals surface area (Å²) in [6.07, 6.45) is -2.86. The number of alkyl halides is 1. The van der Waals surface area contributed by atoms with Gasteiger partial charge in [-0.3, -0.25) is 14.3 Å². The van der Waals surface area contributed by atoms with Gasteiger partial charge in [0.1, 0.15) is 6.10 Å². The van der Waals surface area contributed by atoms with E-state index in [1.807, 2.05) is 13.8 Å². The molecule has 1 fully saturated rings. The van der Waals surface area contributed by atoms with Gasteiger partial charge in [0.15, 0.2) is 12.4 Å². The number of aliphatic hydroxyl groups is 1. The third kappa shape index (κ3) is 3.52. The van der Waals surface area contributed by atoms with Crippen LogP contribution in [0.2, 0.25) is 0 Å². The molecule has 23 heavy (non-hydrogen) atoms. The average Bonchev–Trinajstić information content (AvgIpc) is 2.79. The highest BCUT2D eigenvalue weighted by Gasteiger charge is 2.49. The van der Waals surface area contributed by atoms with Crippen LogP contribution in [0.4, 0.5) is 4.39 Å². The van der Waals surface area contributed by atoms with Gasteiger partial charge in [-0.2, -0.15) is 5.06 Å². The van der Waals surface area contributed by atoms with Crippen molar-refractivity contribution < 1.29 is 19.4 Å². The molecule has 2 heterocycles. The highest BCUT2D eigenvalue weighted by atomic mass is 19.1. The first-order chi connectivity index (χ1) is 10.8. The molecule has 0 unspecified atom stereocenters. The minimum atomic E-state index is -1.75. The first kappa shape index (κ1) is 17.8. The fourth-order valence-corrected chi connectivity index (χ4v) is 2.71. The molecule has 130 valence electrons. The van der Waals surface area contributed by atoms with Gasteiger partial charge in [-0.25, -0.2) is 9.18 Å². The zero-order valence-electron chi connectivity index (χ0n) is 13.3. The van der Waals surface area contributed by atoms with E-state index in [1.54, 1.807) is 0 Å². The number of hydrogen-bond acceptors (Lipinski definition) is 6. The lowest BCUT2D eigenvalue weighted by molar-refractivity contribution is -0.160. The van der Waals surface area contributed by atoms with Crippen LogP contribution in [0.1, 0.15) is 25.6 Å². The SMILES string of the molecule is Cc1cn([C@H]2O[C@H](CO)[C@@H](N(O)CC(C)C)[C@@H]2F)c(=O)[nH]c1=O. The van der Waals surface area contributed by atoms with Crippen molar-refractivity contribution in [2.24, 2.45) is 5.92 Å². The van der Waals surface area contributed by atoms with Crippen LogP contribution in [-0.4, -0.2) is 56.4 Å². The van der Waals surface area contributed by atoms with Crippen LogP contribution in [0.25, 0.3) is 0 Å². The summed E-state index contributed by atoms with van der Waals surface area (Å²) in [6, 6.07) is -1.11. The number of nitrogens with one attached hydrogen (secondary N) is 1. The lowest BCUT2D eigenvalue weighted by atomic mass is 10.1. The highest BCUT2D eigenvalue weighted by Crippen LogP contribution is 2.33. The van der Waals surface area contributed by atoms with Gasteiger partial charge in [-0.15, -0.1) is 0 Å². The molecule has 2 rings (SSSR count). The minimum absolute atomic E-state index is 0.0728. The standard InChI is InChI=1S/C14H22FN3O5/c1-7(2)4-18(22)11-9(6-19)23-13(10(11)15)17-5-8(3)12(20)16-14(17)21/h5,7,9-11,13,19,22H,4,6H2,1-3H3,(H,16,20,21)/t9-,10+,11-,13+/m1/s1. The molecule has 0 bridgehead atoms. The quantitative estimate of drug-likeness (QED) is 0.644. The molecule has 1 aromatic rings. The normalized spacial score (nSPS) is 28.0. The van der Waals surface area contributed by atoms with Crippen molar-refractivity contribution >= 4 is 0 Å². The zero-order valence-corrected chi connectivity index (χ0v) is 13.3. The molecule has 0 aromatic carbocycles.